The lowest BCUT2D eigenvalue weighted by Crippen LogP contribution is -2.41. The van der Waals surface area contributed by atoms with Crippen molar-refractivity contribution in [1.82, 2.24) is 35.5 Å². The summed E-state index contributed by atoms with van der Waals surface area (Å²) in [6.07, 6.45) is 2.02. The predicted molar refractivity (Wildman–Crippen MR) is 109 cm³/mol. The molecule has 3 aromatic rings. The molecule has 0 fully saturated rings. The van der Waals surface area contributed by atoms with E-state index in [0.717, 1.165) is 43.1 Å². The summed E-state index contributed by atoms with van der Waals surface area (Å²) in [6, 6.07) is 7.40. The zero-order valence-corrected chi connectivity index (χ0v) is 17.1. The monoisotopic (exact) mass is 414 g/mol. The summed E-state index contributed by atoms with van der Waals surface area (Å²) in [6.45, 7) is 5.84. The molecule has 0 saturated carbocycles. The molecule has 1 aliphatic rings. The van der Waals surface area contributed by atoms with Crippen LogP contribution in [0.25, 0.3) is 11.4 Å². The first-order valence-corrected chi connectivity index (χ1v) is 10.0. The van der Waals surface area contributed by atoms with Gasteiger partial charge in [0.25, 0.3) is 0 Å². The molecule has 1 unspecified atom stereocenters. The number of hydrogen-bond acceptors (Lipinski definition) is 6. The Morgan fingerprint density at radius 2 is 2.28 bits per heavy atom. The molecule has 4 rings (SSSR count). The number of rotatable bonds is 5. The Morgan fingerprint density at radius 1 is 1.38 bits per heavy atom. The van der Waals surface area contributed by atoms with Gasteiger partial charge in [-0.2, -0.15) is 10.1 Å². The van der Waals surface area contributed by atoms with Crippen molar-refractivity contribution >= 4 is 17.6 Å². The largest absolute Gasteiger partial charge is 0.357 e. The van der Waals surface area contributed by atoms with Crippen molar-refractivity contribution in [2.24, 2.45) is 4.99 Å². The van der Waals surface area contributed by atoms with Crippen LogP contribution in [0.5, 0.6) is 0 Å². The molecule has 0 radical (unpaired) electrons. The summed E-state index contributed by atoms with van der Waals surface area (Å²) < 4.78 is 7.31. The standard InChI is InChI=1S/C19H23ClN8O/c1-3-21-19(24-15-8-5-9-28-18(15)23-12(2)26-28)22-11-16-25-17(27-29-16)13-6-4-7-14(20)10-13/h4,6-7,10,15H,3,5,8-9,11H2,1-2H3,(H2,21,22,24). The Bertz CT molecular complexity index is 1010. The number of aromatic nitrogens is 5. The SMILES string of the molecule is CCNC(=NCc1nc(-c2cccc(Cl)c2)no1)NC1CCCn2nc(C)nc21. The third-order valence-corrected chi connectivity index (χ3v) is 4.79. The van der Waals surface area contributed by atoms with Crippen molar-refractivity contribution < 1.29 is 4.52 Å². The summed E-state index contributed by atoms with van der Waals surface area (Å²) >= 11 is 6.03. The Kier molecular flexibility index (Phi) is 5.75. The Hall–Kier alpha value is -2.94. The van der Waals surface area contributed by atoms with Crippen LogP contribution in [-0.2, 0) is 13.1 Å². The second-order valence-electron chi connectivity index (χ2n) is 6.80. The first-order valence-electron chi connectivity index (χ1n) is 9.67. The molecule has 29 heavy (non-hydrogen) atoms. The maximum atomic E-state index is 6.03. The first kappa shape index (κ1) is 19.4. The highest BCUT2D eigenvalue weighted by Crippen LogP contribution is 2.23. The van der Waals surface area contributed by atoms with Crippen molar-refractivity contribution in [3.05, 3.63) is 46.8 Å². The summed E-state index contributed by atoms with van der Waals surface area (Å²) in [4.78, 5) is 13.6. The van der Waals surface area contributed by atoms with Crippen LogP contribution in [-0.4, -0.2) is 37.4 Å². The lowest BCUT2D eigenvalue weighted by Gasteiger charge is -2.24. The summed E-state index contributed by atoms with van der Waals surface area (Å²) in [5.74, 6) is 3.33. The van der Waals surface area contributed by atoms with Gasteiger partial charge in [0.05, 0.1) is 6.04 Å². The van der Waals surface area contributed by atoms with E-state index in [9.17, 15) is 0 Å². The topological polar surface area (TPSA) is 106 Å². The predicted octanol–water partition coefficient (Wildman–Crippen LogP) is 2.88. The van der Waals surface area contributed by atoms with Crippen LogP contribution in [0.15, 0.2) is 33.8 Å². The molecule has 3 heterocycles. The van der Waals surface area contributed by atoms with E-state index in [2.05, 4.69) is 35.8 Å². The van der Waals surface area contributed by atoms with Gasteiger partial charge in [0.1, 0.15) is 18.2 Å². The van der Waals surface area contributed by atoms with Crippen LogP contribution in [0.3, 0.4) is 0 Å². The zero-order valence-electron chi connectivity index (χ0n) is 16.4. The van der Waals surface area contributed by atoms with Gasteiger partial charge in [0.15, 0.2) is 5.96 Å². The Labute approximate surface area is 173 Å². The van der Waals surface area contributed by atoms with Gasteiger partial charge < -0.3 is 15.2 Å². The van der Waals surface area contributed by atoms with Crippen molar-refractivity contribution in [3.63, 3.8) is 0 Å². The summed E-state index contributed by atoms with van der Waals surface area (Å²) in [5, 5.41) is 15.8. The number of aliphatic imine (C=N–C) groups is 1. The number of hydrogen-bond donors (Lipinski definition) is 2. The smallest absolute Gasteiger partial charge is 0.248 e. The van der Waals surface area contributed by atoms with Crippen molar-refractivity contribution in [2.45, 2.75) is 45.8 Å². The van der Waals surface area contributed by atoms with E-state index in [4.69, 9.17) is 16.1 Å². The molecule has 152 valence electrons. The van der Waals surface area contributed by atoms with E-state index in [1.54, 1.807) is 12.1 Å². The number of guanidine groups is 1. The fourth-order valence-corrected chi connectivity index (χ4v) is 3.49. The van der Waals surface area contributed by atoms with Gasteiger partial charge in [-0.3, -0.25) is 0 Å². The molecule has 0 spiro atoms. The molecule has 0 amide bonds. The van der Waals surface area contributed by atoms with E-state index in [0.29, 0.717) is 22.7 Å². The fourth-order valence-electron chi connectivity index (χ4n) is 3.30. The molecule has 2 aromatic heterocycles. The minimum atomic E-state index is 0.0625. The molecular weight excluding hydrogens is 392 g/mol. The molecular formula is C19H23ClN8O. The number of fused-ring (bicyclic) bond motifs is 1. The average molecular weight is 415 g/mol. The van der Waals surface area contributed by atoms with Crippen LogP contribution in [0, 0.1) is 6.92 Å². The molecule has 1 atom stereocenters. The molecule has 0 saturated heterocycles. The maximum Gasteiger partial charge on any atom is 0.248 e. The van der Waals surface area contributed by atoms with Crippen molar-refractivity contribution in [2.75, 3.05) is 6.54 Å². The number of nitrogens with one attached hydrogen (secondary N) is 2. The van der Waals surface area contributed by atoms with Crippen LogP contribution in [0.4, 0.5) is 0 Å². The summed E-state index contributed by atoms with van der Waals surface area (Å²) in [5.41, 5.74) is 0.804. The highest BCUT2D eigenvalue weighted by atomic mass is 35.5. The van der Waals surface area contributed by atoms with E-state index in [1.165, 1.54) is 0 Å². The van der Waals surface area contributed by atoms with Gasteiger partial charge in [0, 0.05) is 23.7 Å². The molecule has 9 nitrogen and oxygen atoms in total. The normalized spacial score (nSPS) is 16.5. The third-order valence-electron chi connectivity index (χ3n) is 4.56. The molecule has 1 aliphatic heterocycles. The van der Waals surface area contributed by atoms with Gasteiger partial charge in [-0.1, -0.05) is 28.9 Å². The number of benzene rings is 1. The van der Waals surface area contributed by atoms with Gasteiger partial charge in [-0.25, -0.2) is 14.7 Å². The van der Waals surface area contributed by atoms with Gasteiger partial charge >= 0.3 is 0 Å². The molecule has 10 heteroatoms. The van der Waals surface area contributed by atoms with E-state index < -0.39 is 0 Å². The van der Waals surface area contributed by atoms with Crippen LogP contribution < -0.4 is 10.6 Å². The molecule has 1 aromatic carbocycles. The van der Waals surface area contributed by atoms with E-state index >= 15 is 0 Å². The molecule has 0 aliphatic carbocycles. The van der Waals surface area contributed by atoms with Crippen LogP contribution in [0.1, 0.15) is 43.3 Å². The van der Waals surface area contributed by atoms with Gasteiger partial charge in [0.2, 0.25) is 11.7 Å². The Balaban J connectivity index is 1.47. The number of nitrogens with zero attached hydrogens (tertiary/aromatic N) is 6. The summed E-state index contributed by atoms with van der Waals surface area (Å²) in [7, 11) is 0. The third kappa shape index (κ3) is 4.56. The molecule has 2 N–H and O–H groups in total. The lowest BCUT2D eigenvalue weighted by molar-refractivity contribution is 0.379. The minimum absolute atomic E-state index is 0.0625. The van der Waals surface area contributed by atoms with Gasteiger partial charge in [-0.05, 0) is 38.8 Å². The average Bonchev–Trinajstić information content (AvgIpc) is 3.33. The van der Waals surface area contributed by atoms with Gasteiger partial charge in [-0.15, -0.1) is 0 Å². The van der Waals surface area contributed by atoms with E-state index in [-0.39, 0.29) is 12.6 Å². The maximum absolute atomic E-state index is 6.03. The van der Waals surface area contributed by atoms with E-state index in [1.807, 2.05) is 30.7 Å². The minimum Gasteiger partial charge on any atom is -0.357 e. The van der Waals surface area contributed by atoms with Crippen molar-refractivity contribution in [3.8, 4) is 11.4 Å². The van der Waals surface area contributed by atoms with Crippen LogP contribution >= 0.6 is 11.6 Å². The second kappa shape index (κ2) is 8.60. The first-order chi connectivity index (χ1) is 14.1. The highest BCUT2D eigenvalue weighted by Gasteiger charge is 2.24. The lowest BCUT2D eigenvalue weighted by atomic mass is 10.1. The Morgan fingerprint density at radius 3 is 3.10 bits per heavy atom. The van der Waals surface area contributed by atoms with Crippen molar-refractivity contribution in [1.29, 1.82) is 0 Å². The zero-order chi connectivity index (χ0) is 20.2. The fraction of sp³-hybridized carbons (Fsp3) is 0.421. The number of halogens is 1. The highest BCUT2D eigenvalue weighted by molar-refractivity contribution is 6.30. The number of aryl methyl sites for hydroxylation is 2. The molecule has 0 bridgehead atoms. The van der Waals surface area contributed by atoms with Crippen LogP contribution in [0.2, 0.25) is 5.02 Å². The second-order valence-corrected chi connectivity index (χ2v) is 7.23. The quantitative estimate of drug-likeness (QED) is 0.488.